The van der Waals surface area contributed by atoms with Crippen molar-refractivity contribution in [2.24, 2.45) is 0 Å². The minimum Gasteiger partial charge on any atom is -0.389 e. The Morgan fingerprint density at radius 2 is 1.77 bits per heavy atom. The van der Waals surface area contributed by atoms with Crippen LogP contribution in [0, 0.1) is 0 Å². The molecule has 0 saturated heterocycles. The highest BCUT2D eigenvalue weighted by molar-refractivity contribution is 6.06. The van der Waals surface area contributed by atoms with E-state index in [-0.39, 0.29) is 6.29 Å². The van der Waals surface area contributed by atoms with Crippen LogP contribution in [0.25, 0.3) is 21.9 Å². The van der Waals surface area contributed by atoms with Crippen molar-refractivity contribution in [3.63, 3.8) is 0 Å². The number of aromatic nitrogens is 3. The van der Waals surface area contributed by atoms with Crippen molar-refractivity contribution in [1.82, 2.24) is 14.5 Å². The minimum absolute atomic E-state index is 0.346. The summed E-state index contributed by atoms with van der Waals surface area (Å²) >= 11 is 0. The van der Waals surface area contributed by atoms with E-state index in [9.17, 15) is 5.11 Å². The van der Waals surface area contributed by atoms with Crippen LogP contribution >= 0.6 is 0 Å². The van der Waals surface area contributed by atoms with E-state index in [1.807, 2.05) is 60.0 Å². The second-order valence-electron chi connectivity index (χ2n) is 8.41. The maximum atomic E-state index is 10.3. The van der Waals surface area contributed by atoms with Crippen molar-refractivity contribution in [2.75, 3.05) is 5.73 Å². The lowest BCUT2D eigenvalue weighted by molar-refractivity contribution is -0.144. The van der Waals surface area contributed by atoms with Crippen LogP contribution in [0.2, 0.25) is 0 Å². The molecule has 2 heterocycles. The lowest BCUT2D eigenvalue weighted by atomic mass is 10.1. The number of rotatable bonds is 8. The molecule has 3 N–H and O–H groups in total. The van der Waals surface area contributed by atoms with E-state index >= 15 is 0 Å². The van der Waals surface area contributed by atoms with Gasteiger partial charge in [0, 0.05) is 5.39 Å². The number of hydrogen-bond acceptors (Lipinski definition) is 6. The fourth-order valence-corrected chi connectivity index (χ4v) is 3.58. The highest BCUT2D eigenvalue weighted by Crippen LogP contribution is 2.29. The fourth-order valence-electron chi connectivity index (χ4n) is 3.58. The van der Waals surface area contributed by atoms with Gasteiger partial charge in [-0.1, -0.05) is 36.4 Å². The summed E-state index contributed by atoms with van der Waals surface area (Å²) in [5.74, 6) is 0.379. The van der Waals surface area contributed by atoms with Gasteiger partial charge in [0.25, 0.3) is 0 Å². The summed E-state index contributed by atoms with van der Waals surface area (Å²) in [6.07, 6.45) is 1.35. The molecule has 31 heavy (non-hydrogen) atoms. The van der Waals surface area contributed by atoms with E-state index in [1.54, 1.807) is 20.2 Å². The molecule has 1 atom stereocenters. The number of benzene rings is 2. The van der Waals surface area contributed by atoms with Crippen LogP contribution in [0.4, 0.5) is 5.82 Å². The van der Waals surface area contributed by atoms with Gasteiger partial charge >= 0.3 is 0 Å². The first-order valence-electron chi connectivity index (χ1n) is 10.3. The molecule has 0 aliphatic heterocycles. The lowest BCUT2D eigenvalue weighted by Gasteiger charge is -2.19. The van der Waals surface area contributed by atoms with Crippen LogP contribution < -0.4 is 5.73 Å². The number of anilines is 1. The highest BCUT2D eigenvalue weighted by Gasteiger charge is 2.19. The first kappa shape index (κ1) is 21.2. The molecule has 2 aromatic carbocycles. The molecule has 7 heteroatoms. The quantitative estimate of drug-likeness (QED) is 0.418. The van der Waals surface area contributed by atoms with Crippen molar-refractivity contribution >= 4 is 27.8 Å². The second-order valence-corrected chi connectivity index (χ2v) is 8.41. The Balaban J connectivity index is 1.54. The van der Waals surface area contributed by atoms with E-state index in [4.69, 9.17) is 15.2 Å². The number of fused-ring (bicyclic) bond motifs is 3. The summed E-state index contributed by atoms with van der Waals surface area (Å²) in [5.41, 5.74) is 9.61. The molecule has 0 saturated carbocycles. The Labute approximate surface area is 181 Å². The molecule has 7 nitrogen and oxygen atoms in total. The van der Waals surface area contributed by atoms with E-state index in [2.05, 4.69) is 9.97 Å². The van der Waals surface area contributed by atoms with Crippen molar-refractivity contribution in [1.29, 1.82) is 0 Å². The van der Waals surface area contributed by atoms with Gasteiger partial charge in [-0.05, 0) is 44.0 Å². The molecule has 0 aliphatic carbocycles. The zero-order valence-electron chi connectivity index (χ0n) is 18.1. The van der Waals surface area contributed by atoms with Crippen LogP contribution in [-0.2, 0) is 29.2 Å². The minimum atomic E-state index is -0.885. The summed E-state index contributed by atoms with van der Waals surface area (Å²) in [6.45, 7) is 6.72. The largest absolute Gasteiger partial charge is 0.389 e. The van der Waals surface area contributed by atoms with Gasteiger partial charge in [-0.15, -0.1) is 0 Å². The summed E-state index contributed by atoms with van der Waals surface area (Å²) in [4.78, 5) is 8.91. The molecule has 2 aromatic heterocycles. The van der Waals surface area contributed by atoms with Gasteiger partial charge in [0.15, 0.2) is 12.1 Å². The molecular formula is C24H28N4O3. The van der Waals surface area contributed by atoms with Gasteiger partial charge in [-0.3, -0.25) is 0 Å². The number of hydrogen-bond donors (Lipinski definition) is 2. The molecule has 0 amide bonds. The fraction of sp³-hybridized carbons (Fsp3) is 0.333. The maximum absolute atomic E-state index is 10.3. The third-order valence-corrected chi connectivity index (χ3v) is 5.01. The molecule has 1 unspecified atom stereocenters. The van der Waals surface area contributed by atoms with Crippen molar-refractivity contribution in [3.8, 4) is 0 Å². The Morgan fingerprint density at radius 3 is 2.48 bits per heavy atom. The number of nitrogen functional groups attached to an aromatic ring is 1. The highest BCUT2D eigenvalue weighted by atomic mass is 16.7. The van der Waals surface area contributed by atoms with Crippen LogP contribution in [0.1, 0.15) is 31.9 Å². The second kappa shape index (κ2) is 8.63. The first-order chi connectivity index (χ1) is 14.8. The Hall–Kier alpha value is -3.00. The monoisotopic (exact) mass is 420 g/mol. The smallest absolute Gasteiger partial charge is 0.155 e. The summed E-state index contributed by atoms with van der Waals surface area (Å²) in [6, 6.07) is 16.0. The third-order valence-electron chi connectivity index (χ3n) is 5.01. The number of ether oxygens (including phenoxy) is 2. The maximum Gasteiger partial charge on any atom is 0.155 e. The average molecular weight is 421 g/mol. The van der Waals surface area contributed by atoms with E-state index in [0.717, 1.165) is 27.5 Å². The summed E-state index contributed by atoms with van der Waals surface area (Å²) in [5, 5.41) is 11.2. The Bertz CT molecular complexity index is 1180. The third kappa shape index (κ3) is 5.02. The SMILES string of the molecule is CC(OCc1ccccc1)OCc1ccc2nc(N)c3ncn(CC(C)(C)O)c3c2c1. The molecule has 0 fully saturated rings. The van der Waals surface area contributed by atoms with E-state index in [1.165, 1.54) is 0 Å². The van der Waals surface area contributed by atoms with Crippen molar-refractivity contribution in [2.45, 2.75) is 52.4 Å². The van der Waals surface area contributed by atoms with Crippen LogP contribution in [0.5, 0.6) is 0 Å². The molecule has 0 radical (unpaired) electrons. The number of nitrogens with two attached hydrogens (primary N) is 1. The number of aliphatic hydroxyl groups is 1. The average Bonchev–Trinajstić information content (AvgIpc) is 3.14. The molecule has 0 aliphatic rings. The van der Waals surface area contributed by atoms with Crippen LogP contribution in [0.15, 0.2) is 54.9 Å². The van der Waals surface area contributed by atoms with Gasteiger partial charge in [-0.25, -0.2) is 9.97 Å². The Kier molecular flexibility index (Phi) is 5.91. The molecule has 0 spiro atoms. The first-order valence-corrected chi connectivity index (χ1v) is 10.3. The Morgan fingerprint density at radius 1 is 1.06 bits per heavy atom. The number of pyridine rings is 1. The normalized spacial score (nSPS) is 13.2. The molecule has 162 valence electrons. The van der Waals surface area contributed by atoms with Gasteiger partial charge in [0.05, 0.1) is 42.7 Å². The zero-order chi connectivity index (χ0) is 22.0. The molecule has 4 aromatic rings. The lowest BCUT2D eigenvalue weighted by Crippen LogP contribution is -2.25. The summed E-state index contributed by atoms with van der Waals surface area (Å²) < 4.78 is 13.6. The van der Waals surface area contributed by atoms with Crippen LogP contribution in [-0.4, -0.2) is 31.5 Å². The van der Waals surface area contributed by atoms with Crippen LogP contribution in [0.3, 0.4) is 0 Å². The topological polar surface area (TPSA) is 95.4 Å². The predicted molar refractivity (Wildman–Crippen MR) is 121 cm³/mol. The molecular weight excluding hydrogens is 392 g/mol. The van der Waals surface area contributed by atoms with Crippen molar-refractivity contribution < 1.29 is 14.6 Å². The predicted octanol–water partition coefficient (Wildman–Crippen LogP) is 4.02. The molecule has 4 rings (SSSR count). The van der Waals surface area contributed by atoms with Gasteiger partial charge in [-0.2, -0.15) is 0 Å². The van der Waals surface area contributed by atoms with Gasteiger partial charge < -0.3 is 24.9 Å². The zero-order valence-corrected chi connectivity index (χ0v) is 18.1. The number of imidazole rings is 1. The number of nitrogens with zero attached hydrogens (tertiary/aromatic N) is 3. The standard InChI is InChI=1S/C24H28N4O3/c1-16(30-12-17-7-5-4-6-8-17)31-13-18-9-10-20-19(11-18)22-21(23(25)27-20)26-15-28(22)14-24(2,3)29/h4-11,15-16,29H,12-14H2,1-3H3,(H2,25,27). The van der Waals surface area contributed by atoms with E-state index < -0.39 is 5.60 Å². The van der Waals surface area contributed by atoms with Gasteiger partial charge in [0.1, 0.15) is 5.52 Å². The van der Waals surface area contributed by atoms with E-state index in [0.29, 0.717) is 31.1 Å². The van der Waals surface area contributed by atoms with Gasteiger partial charge in [0.2, 0.25) is 0 Å². The van der Waals surface area contributed by atoms with Crippen molar-refractivity contribution in [3.05, 3.63) is 66.0 Å². The summed E-state index contributed by atoms with van der Waals surface area (Å²) in [7, 11) is 0. The molecule has 0 bridgehead atoms.